The highest BCUT2D eigenvalue weighted by molar-refractivity contribution is 7.99. The molecule has 0 aliphatic carbocycles. The summed E-state index contributed by atoms with van der Waals surface area (Å²) in [5.41, 5.74) is -0.0156. The number of rotatable bonds is 8. The first-order valence-electron chi connectivity index (χ1n) is 6.07. The standard InChI is InChI=1S/C11H18N4O2S/c1-3-5-6-7-18-10-9(15(16)17)8-13-11(14-10)12-4-2/h8H,3-7H2,1-2H3,(H,12,13,14). The van der Waals surface area contributed by atoms with Gasteiger partial charge < -0.3 is 5.32 Å². The van der Waals surface area contributed by atoms with Crippen LogP contribution >= 0.6 is 11.8 Å². The van der Waals surface area contributed by atoms with E-state index < -0.39 is 4.92 Å². The normalized spacial score (nSPS) is 10.3. The van der Waals surface area contributed by atoms with E-state index in [0.717, 1.165) is 25.0 Å². The third kappa shape index (κ3) is 4.48. The molecule has 0 aliphatic heterocycles. The lowest BCUT2D eigenvalue weighted by molar-refractivity contribution is -0.388. The first-order chi connectivity index (χ1) is 8.69. The van der Waals surface area contributed by atoms with Gasteiger partial charge in [-0.15, -0.1) is 0 Å². The van der Waals surface area contributed by atoms with E-state index in [1.165, 1.54) is 18.0 Å². The molecule has 1 aromatic heterocycles. The van der Waals surface area contributed by atoms with Gasteiger partial charge >= 0.3 is 5.69 Å². The summed E-state index contributed by atoms with van der Waals surface area (Å²) in [5.74, 6) is 1.29. The average molecular weight is 270 g/mol. The quantitative estimate of drug-likeness (QED) is 0.257. The van der Waals surface area contributed by atoms with Crippen LogP contribution in [0.1, 0.15) is 33.1 Å². The van der Waals surface area contributed by atoms with Crippen LogP contribution in [0.5, 0.6) is 0 Å². The highest BCUT2D eigenvalue weighted by atomic mass is 32.2. The van der Waals surface area contributed by atoms with Crippen LogP contribution in [0.3, 0.4) is 0 Å². The fourth-order valence-corrected chi connectivity index (χ4v) is 2.32. The predicted octanol–water partition coefficient (Wildman–Crippen LogP) is 3.10. The van der Waals surface area contributed by atoms with Gasteiger partial charge in [0.2, 0.25) is 5.95 Å². The van der Waals surface area contributed by atoms with Gasteiger partial charge in [0.15, 0.2) is 5.03 Å². The Hall–Kier alpha value is -1.37. The molecule has 1 heterocycles. The number of aromatic nitrogens is 2. The number of nitrogens with one attached hydrogen (secondary N) is 1. The van der Waals surface area contributed by atoms with E-state index in [1.54, 1.807) is 0 Å². The Morgan fingerprint density at radius 2 is 2.22 bits per heavy atom. The van der Waals surface area contributed by atoms with E-state index in [4.69, 9.17) is 0 Å². The van der Waals surface area contributed by atoms with Crippen molar-refractivity contribution in [1.82, 2.24) is 9.97 Å². The van der Waals surface area contributed by atoms with Crippen LogP contribution in [0.25, 0.3) is 0 Å². The molecule has 0 saturated heterocycles. The van der Waals surface area contributed by atoms with Gasteiger partial charge in [-0.25, -0.2) is 4.98 Å². The second-order valence-electron chi connectivity index (χ2n) is 3.73. The molecule has 1 rings (SSSR count). The van der Waals surface area contributed by atoms with Crippen LogP contribution in [0.4, 0.5) is 11.6 Å². The van der Waals surface area contributed by atoms with E-state index in [-0.39, 0.29) is 5.69 Å². The molecule has 0 fully saturated rings. The summed E-state index contributed by atoms with van der Waals surface area (Å²) in [6, 6.07) is 0. The highest BCUT2D eigenvalue weighted by Crippen LogP contribution is 2.28. The maximum Gasteiger partial charge on any atom is 0.319 e. The Labute approximate surface area is 111 Å². The van der Waals surface area contributed by atoms with Crippen molar-refractivity contribution < 1.29 is 4.92 Å². The minimum atomic E-state index is -0.433. The second-order valence-corrected chi connectivity index (χ2v) is 4.81. The number of nitrogens with zero attached hydrogens (tertiary/aromatic N) is 3. The average Bonchev–Trinajstić information content (AvgIpc) is 2.35. The van der Waals surface area contributed by atoms with Gasteiger partial charge in [0.1, 0.15) is 6.20 Å². The molecule has 7 heteroatoms. The molecule has 18 heavy (non-hydrogen) atoms. The summed E-state index contributed by atoms with van der Waals surface area (Å²) in [4.78, 5) is 18.5. The Bertz CT molecular complexity index is 401. The van der Waals surface area contributed by atoms with Crippen LogP contribution in [-0.4, -0.2) is 27.2 Å². The summed E-state index contributed by atoms with van der Waals surface area (Å²) in [6.45, 7) is 4.75. The van der Waals surface area contributed by atoms with Gasteiger partial charge in [-0.1, -0.05) is 31.5 Å². The van der Waals surface area contributed by atoms with Crippen molar-refractivity contribution in [3.63, 3.8) is 0 Å². The Kier molecular flexibility index (Phi) is 6.42. The van der Waals surface area contributed by atoms with Gasteiger partial charge in [-0.05, 0) is 19.1 Å². The molecule has 0 spiro atoms. The zero-order chi connectivity index (χ0) is 13.4. The number of nitro groups is 1. The molecule has 0 amide bonds. The van der Waals surface area contributed by atoms with Crippen molar-refractivity contribution in [1.29, 1.82) is 0 Å². The molecule has 100 valence electrons. The van der Waals surface area contributed by atoms with E-state index in [0.29, 0.717) is 17.5 Å². The van der Waals surface area contributed by atoms with Gasteiger partial charge in [-0.3, -0.25) is 10.1 Å². The SMILES string of the molecule is CCCCCSc1nc(NCC)ncc1[N+](=O)[O-]. The molecule has 0 atom stereocenters. The fourth-order valence-electron chi connectivity index (χ4n) is 1.36. The van der Waals surface area contributed by atoms with Crippen molar-refractivity contribution in [2.45, 2.75) is 38.1 Å². The molecule has 0 unspecified atom stereocenters. The number of hydrogen-bond donors (Lipinski definition) is 1. The number of unbranched alkanes of at least 4 members (excludes halogenated alkanes) is 2. The number of anilines is 1. The number of hydrogen-bond acceptors (Lipinski definition) is 6. The van der Waals surface area contributed by atoms with Crippen LogP contribution in [-0.2, 0) is 0 Å². The van der Waals surface area contributed by atoms with Gasteiger partial charge in [0.25, 0.3) is 0 Å². The van der Waals surface area contributed by atoms with Crippen LogP contribution in [0.15, 0.2) is 11.2 Å². The summed E-state index contributed by atoms with van der Waals surface area (Å²) >= 11 is 1.42. The lowest BCUT2D eigenvalue weighted by Crippen LogP contribution is -2.04. The van der Waals surface area contributed by atoms with E-state index in [2.05, 4.69) is 22.2 Å². The second kappa shape index (κ2) is 7.86. The Balaban J connectivity index is 2.76. The molecule has 0 radical (unpaired) electrons. The maximum absolute atomic E-state index is 10.9. The molecule has 6 nitrogen and oxygen atoms in total. The molecule has 1 N–H and O–H groups in total. The largest absolute Gasteiger partial charge is 0.354 e. The molecule has 0 bridgehead atoms. The van der Waals surface area contributed by atoms with Gasteiger partial charge in [0, 0.05) is 6.54 Å². The van der Waals surface area contributed by atoms with Crippen molar-refractivity contribution in [2.24, 2.45) is 0 Å². The van der Waals surface area contributed by atoms with Crippen molar-refractivity contribution in [3.05, 3.63) is 16.3 Å². The minimum absolute atomic E-state index is 0.0156. The molecule has 1 aromatic rings. The predicted molar refractivity (Wildman–Crippen MR) is 73.1 cm³/mol. The lowest BCUT2D eigenvalue weighted by atomic mass is 10.3. The lowest BCUT2D eigenvalue weighted by Gasteiger charge is -2.05. The van der Waals surface area contributed by atoms with Crippen molar-refractivity contribution in [2.75, 3.05) is 17.6 Å². The van der Waals surface area contributed by atoms with E-state index in [1.807, 2.05) is 6.92 Å². The fraction of sp³-hybridized carbons (Fsp3) is 0.636. The van der Waals surface area contributed by atoms with Gasteiger partial charge in [0.05, 0.1) is 4.92 Å². The first-order valence-corrected chi connectivity index (χ1v) is 7.05. The summed E-state index contributed by atoms with van der Waals surface area (Å²) in [5, 5.41) is 14.3. The van der Waals surface area contributed by atoms with Crippen molar-refractivity contribution in [3.8, 4) is 0 Å². The van der Waals surface area contributed by atoms with E-state index >= 15 is 0 Å². The highest BCUT2D eigenvalue weighted by Gasteiger charge is 2.17. The minimum Gasteiger partial charge on any atom is -0.354 e. The van der Waals surface area contributed by atoms with E-state index in [9.17, 15) is 10.1 Å². The number of thioether (sulfide) groups is 1. The topological polar surface area (TPSA) is 81.0 Å². The van der Waals surface area contributed by atoms with Gasteiger partial charge in [-0.2, -0.15) is 4.98 Å². The third-order valence-electron chi connectivity index (χ3n) is 2.25. The molecule has 0 aliphatic rings. The van der Waals surface area contributed by atoms with Crippen molar-refractivity contribution >= 4 is 23.4 Å². The Morgan fingerprint density at radius 3 is 2.83 bits per heavy atom. The summed E-state index contributed by atoms with van der Waals surface area (Å²) < 4.78 is 0. The monoisotopic (exact) mass is 270 g/mol. The first kappa shape index (κ1) is 14.7. The summed E-state index contributed by atoms with van der Waals surface area (Å²) in [7, 11) is 0. The van der Waals surface area contributed by atoms with Crippen LogP contribution in [0, 0.1) is 10.1 Å². The maximum atomic E-state index is 10.9. The zero-order valence-corrected chi connectivity index (χ0v) is 11.5. The molecular weight excluding hydrogens is 252 g/mol. The van der Waals surface area contributed by atoms with Crippen LogP contribution < -0.4 is 5.32 Å². The zero-order valence-electron chi connectivity index (χ0n) is 10.7. The Morgan fingerprint density at radius 1 is 1.44 bits per heavy atom. The smallest absolute Gasteiger partial charge is 0.319 e. The molecular formula is C11H18N4O2S. The summed E-state index contributed by atoms with van der Waals surface area (Å²) in [6.07, 6.45) is 4.58. The third-order valence-corrected chi connectivity index (χ3v) is 3.32. The van der Waals surface area contributed by atoms with Crippen LogP contribution in [0.2, 0.25) is 0 Å². The molecule has 0 aromatic carbocycles. The molecule has 0 saturated carbocycles.